The molecule has 1 N–H and O–H groups in total. The Morgan fingerprint density at radius 3 is 2.53 bits per heavy atom. The predicted octanol–water partition coefficient (Wildman–Crippen LogP) is 2.50. The van der Waals surface area contributed by atoms with Crippen molar-refractivity contribution >= 4 is 0 Å². The number of rotatable bonds is 7. The minimum absolute atomic E-state index is 0.886. The van der Waals surface area contributed by atoms with E-state index in [0.717, 1.165) is 12.0 Å². The van der Waals surface area contributed by atoms with Crippen molar-refractivity contribution < 1.29 is 0 Å². The summed E-state index contributed by atoms with van der Waals surface area (Å²) in [5.41, 5.74) is 0. The molecule has 0 amide bonds. The third-order valence-corrected chi connectivity index (χ3v) is 3.90. The van der Waals surface area contributed by atoms with E-state index >= 15 is 0 Å². The number of hydrogen-bond donors (Lipinski definition) is 1. The highest BCUT2D eigenvalue weighted by Crippen LogP contribution is 2.32. The Hall–Kier alpha value is -0.0800. The van der Waals surface area contributed by atoms with Crippen molar-refractivity contribution in [2.24, 2.45) is 5.92 Å². The van der Waals surface area contributed by atoms with E-state index in [-0.39, 0.29) is 0 Å². The highest BCUT2D eigenvalue weighted by molar-refractivity contribution is 4.84. The molecule has 0 aromatic rings. The molecule has 90 valence electrons. The lowest BCUT2D eigenvalue weighted by Crippen LogP contribution is -2.37. The third-order valence-electron chi connectivity index (χ3n) is 3.90. The van der Waals surface area contributed by atoms with Crippen molar-refractivity contribution in [3.63, 3.8) is 0 Å². The molecule has 1 aliphatic carbocycles. The van der Waals surface area contributed by atoms with Crippen molar-refractivity contribution in [2.75, 3.05) is 26.7 Å². The molecule has 0 aliphatic heterocycles. The summed E-state index contributed by atoms with van der Waals surface area (Å²) in [7, 11) is 2.05. The maximum atomic E-state index is 3.25. The first kappa shape index (κ1) is 13.0. The Kier molecular flexibility index (Phi) is 6.26. The zero-order chi connectivity index (χ0) is 11.1. The standard InChI is InChI=1S/C13H28N2/c1-4-15(5-2)13-10-6-8-12(13)9-7-11-14-3/h12-14H,4-11H2,1-3H3. The first-order chi connectivity index (χ1) is 7.33. The molecule has 0 heterocycles. The molecule has 0 radical (unpaired) electrons. The van der Waals surface area contributed by atoms with Gasteiger partial charge in [-0.2, -0.15) is 0 Å². The Bertz CT molecular complexity index is 155. The van der Waals surface area contributed by atoms with Gasteiger partial charge in [-0.1, -0.05) is 20.3 Å². The lowest BCUT2D eigenvalue weighted by molar-refractivity contribution is 0.169. The molecular weight excluding hydrogens is 184 g/mol. The quantitative estimate of drug-likeness (QED) is 0.652. The zero-order valence-electron chi connectivity index (χ0n) is 10.8. The van der Waals surface area contributed by atoms with Gasteiger partial charge in [0.25, 0.3) is 0 Å². The summed E-state index contributed by atoms with van der Waals surface area (Å²) >= 11 is 0. The Balaban J connectivity index is 2.34. The van der Waals surface area contributed by atoms with Gasteiger partial charge >= 0.3 is 0 Å². The van der Waals surface area contributed by atoms with Gasteiger partial charge in [-0.15, -0.1) is 0 Å². The van der Waals surface area contributed by atoms with E-state index in [9.17, 15) is 0 Å². The van der Waals surface area contributed by atoms with Gasteiger partial charge in [0.05, 0.1) is 0 Å². The summed E-state index contributed by atoms with van der Waals surface area (Å²) in [6.07, 6.45) is 7.11. The van der Waals surface area contributed by atoms with Crippen LogP contribution in [0.15, 0.2) is 0 Å². The van der Waals surface area contributed by atoms with Crippen LogP contribution in [0.25, 0.3) is 0 Å². The fraction of sp³-hybridized carbons (Fsp3) is 1.00. The molecule has 0 saturated heterocycles. The molecule has 2 atom stereocenters. The van der Waals surface area contributed by atoms with E-state index in [1.54, 1.807) is 0 Å². The lowest BCUT2D eigenvalue weighted by Gasteiger charge is -2.31. The van der Waals surface area contributed by atoms with Crippen LogP contribution in [0.2, 0.25) is 0 Å². The molecule has 2 unspecified atom stereocenters. The van der Waals surface area contributed by atoms with Gasteiger partial charge < -0.3 is 10.2 Å². The average Bonchev–Trinajstić information content (AvgIpc) is 2.69. The van der Waals surface area contributed by atoms with E-state index in [1.165, 1.54) is 51.7 Å². The topological polar surface area (TPSA) is 15.3 Å². The molecule has 1 saturated carbocycles. The second kappa shape index (κ2) is 7.24. The van der Waals surface area contributed by atoms with Crippen LogP contribution in [-0.4, -0.2) is 37.6 Å². The fourth-order valence-electron chi connectivity index (χ4n) is 3.07. The SMILES string of the molecule is CCN(CC)C1CCCC1CCCNC. The predicted molar refractivity (Wildman–Crippen MR) is 67.2 cm³/mol. The monoisotopic (exact) mass is 212 g/mol. The molecule has 2 heteroatoms. The highest BCUT2D eigenvalue weighted by Gasteiger charge is 2.29. The van der Waals surface area contributed by atoms with Crippen LogP contribution in [0, 0.1) is 5.92 Å². The number of nitrogens with zero attached hydrogens (tertiary/aromatic N) is 1. The number of nitrogens with one attached hydrogen (secondary N) is 1. The third kappa shape index (κ3) is 3.76. The Labute approximate surface area is 95.4 Å². The second-order valence-corrected chi connectivity index (χ2v) is 4.73. The highest BCUT2D eigenvalue weighted by atomic mass is 15.1. The minimum Gasteiger partial charge on any atom is -0.320 e. The molecule has 1 aliphatic rings. The van der Waals surface area contributed by atoms with Crippen LogP contribution in [0.1, 0.15) is 46.0 Å². The molecule has 2 nitrogen and oxygen atoms in total. The van der Waals surface area contributed by atoms with Gasteiger partial charge in [-0.05, 0) is 58.3 Å². The van der Waals surface area contributed by atoms with Crippen LogP contribution in [0.5, 0.6) is 0 Å². The first-order valence-electron chi connectivity index (χ1n) is 6.72. The van der Waals surface area contributed by atoms with E-state index < -0.39 is 0 Å². The van der Waals surface area contributed by atoms with Gasteiger partial charge in [-0.3, -0.25) is 0 Å². The van der Waals surface area contributed by atoms with Crippen molar-refractivity contribution in [2.45, 2.75) is 52.0 Å². The second-order valence-electron chi connectivity index (χ2n) is 4.73. The van der Waals surface area contributed by atoms with Crippen LogP contribution in [0.4, 0.5) is 0 Å². The van der Waals surface area contributed by atoms with Crippen LogP contribution >= 0.6 is 0 Å². The largest absolute Gasteiger partial charge is 0.320 e. The van der Waals surface area contributed by atoms with Gasteiger partial charge in [0, 0.05) is 6.04 Å². The summed E-state index contributed by atoms with van der Waals surface area (Å²) in [6, 6.07) is 0.886. The van der Waals surface area contributed by atoms with Gasteiger partial charge in [-0.25, -0.2) is 0 Å². The molecule has 0 bridgehead atoms. The minimum atomic E-state index is 0.886. The van der Waals surface area contributed by atoms with Crippen LogP contribution in [-0.2, 0) is 0 Å². The van der Waals surface area contributed by atoms with E-state index in [0.29, 0.717) is 0 Å². The van der Waals surface area contributed by atoms with Crippen molar-refractivity contribution in [1.82, 2.24) is 10.2 Å². The summed E-state index contributed by atoms with van der Waals surface area (Å²) in [5, 5.41) is 3.25. The van der Waals surface area contributed by atoms with E-state index in [2.05, 4.69) is 31.1 Å². The molecule has 1 rings (SSSR count). The maximum Gasteiger partial charge on any atom is 0.0123 e. The van der Waals surface area contributed by atoms with E-state index in [1.807, 2.05) is 0 Å². The Morgan fingerprint density at radius 2 is 1.93 bits per heavy atom. The van der Waals surface area contributed by atoms with Crippen LogP contribution < -0.4 is 5.32 Å². The van der Waals surface area contributed by atoms with Gasteiger partial charge in [0.1, 0.15) is 0 Å². The van der Waals surface area contributed by atoms with Crippen LogP contribution in [0.3, 0.4) is 0 Å². The molecule has 15 heavy (non-hydrogen) atoms. The number of hydrogen-bond acceptors (Lipinski definition) is 2. The fourth-order valence-corrected chi connectivity index (χ4v) is 3.07. The van der Waals surface area contributed by atoms with Crippen molar-refractivity contribution in [3.05, 3.63) is 0 Å². The summed E-state index contributed by atoms with van der Waals surface area (Å²) in [6.45, 7) is 8.23. The van der Waals surface area contributed by atoms with Gasteiger partial charge in [0.2, 0.25) is 0 Å². The summed E-state index contributed by atoms with van der Waals surface area (Å²) in [5.74, 6) is 0.971. The molecule has 0 aromatic heterocycles. The van der Waals surface area contributed by atoms with E-state index in [4.69, 9.17) is 0 Å². The molecule has 0 aromatic carbocycles. The normalized spacial score (nSPS) is 26.4. The lowest BCUT2D eigenvalue weighted by atomic mass is 9.96. The molecular formula is C13H28N2. The zero-order valence-corrected chi connectivity index (χ0v) is 10.8. The van der Waals surface area contributed by atoms with Gasteiger partial charge in [0.15, 0.2) is 0 Å². The first-order valence-corrected chi connectivity index (χ1v) is 6.72. The maximum absolute atomic E-state index is 3.25. The molecule has 0 spiro atoms. The van der Waals surface area contributed by atoms with Crippen molar-refractivity contribution in [1.29, 1.82) is 0 Å². The Morgan fingerprint density at radius 1 is 1.20 bits per heavy atom. The van der Waals surface area contributed by atoms with Crippen molar-refractivity contribution in [3.8, 4) is 0 Å². The summed E-state index contributed by atoms with van der Waals surface area (Å²) < 4.78 is 0. The molecule has 1 fully saturated rings. The average molecular weight is 212 g/mol. The smallest absolute Gasteiger partial charge is 0.0123 e. The summed E-state index contributed by atoms with van der Waals surface area (Å²) in [4.78, 5) is 2.66.